The fourth-order valence-electron chi connectivity index (χ4n) is 4.94. The number of amides is 1. The average molecular weight is 515 g/mol. The van der Waals surface area contributed by atoms with Crippen LogP contribution in [0.15, 0.2) is 60.1 Å². The van der Waals surface area contributed by atoms with Crippen molar-refractivity contribution in [2.45, 2.75) is 38.7 Å². The summed E-state index contributed by atoms with van der Waals surface area (Å²) in [5.74, 6) is -0.447. The molecule has 1 amide bonds. The fraction of sp³-hybridized carbons (Fsp3) is 0.296. The van der Waals surface area contributed by atoms with Crippen LogP contribution in [0.2, 0.25) is 0 Å². The third-order valence-electron chi connectivity index (χ3n) is 6.58. The molecule has 5 nitrogen and oxygen atoms in total. The van der Waals surface area contributed by atoms with Crippen molar-refractivity contribution in [3.63, 3.8) is 0 Å². The van der Waals surface area contributed by atoms with E-state index in [4.69, 9.17) is 4.74 Å². The number of para-hydroxylation sites is 1. The van der Waals surface area contributed by atoms with Gasteiger partial charge >= 0.3 is 6.36 Å². The summed E-state index contributed by atoms with van der Waals surface area (Å²) in [6.07, 6.45) is -1.70. The van der Waals surface area contributed by atoms with Crippen LogP contribution < -0.4 is 9.47 Å². The van der Waals surface area contributed by atoms with Crippen LogP contribution in [0.1, 0.15) is 39.3 Å². The summed E-state index contributed by atoms with van der Waals surface area (Å²) < 4.78 is 49.7. The Morgan fingerprint density at radius 1 is 1.14 bits per heavy atom. The van der Waals surface area contributed by atoms with Crippen LogP contribution in [-0.2, 0) is 19.4 Å². The van der Waals surface area contributed by atoms with Crippen LogP contribution in [-0.4, -0.2) is 35.4 Å². The van der Waals surface area contributed by atoms with Gasteiger partial charge in [0, 0.05) is 35.1 Å². The SMILES string of the molecule is CCn1cc(C(=O)N2CCc3ccsc3C2Cc2ccc(OC(F)(F)F)c(OC)c2)c2ccccc21. The Balaban J connectivity index is 1.50. The quantitative estimate of drug-likeness (QED) is 0.291. The van der Waals surface area contributed by atoms with E-state index in [2.05, 4.69) is 15.4 Å². The number of nitrogens with zero attached hydrogens (tertiary/aromatic N) is 2. The van der Waals surface area contributed by atoms with E-state index in [1.54, 1.807) is 23.5 Å². The Morgan fingerprint density at radius 3 is 2.69 bits per heavy atom. The topological polar surface area (TPSA) is 43.7 Å². The lowest BCUT2D eigenvalue weighted by Crippen LogP contribution is -2.40. The molecular formula is C27H25F3N2O3S. The first kappa shape index (κ1) is 24.2. The summed E-state index contributed by atoms with van der Waals surface area (Å²) in [5, 5.41) is 2.94. The molecule has 0 N–H and O–H groups in total. The van der Waals surface area contributed by atoms with Crippen molar-refractivity contribution in [1.82, 2.24) is 9.47 Å². The molecule has 0 saturated heterocycles. The molecule has 0 saturated carbocycles. The highest BCUT2D eigenvalue weighted by Crippen LogP contribution is 2.40. The maximum atomic E-state index is 14.0. The van der Waals surface area contributed by atoms with Crippen LogP contribution >= 0.6 is 11.3 Å². The predicted molar refractivity (Wildman–Crippen MR) is 133 cm³/mol. The van der Waals surface area contributed by atoms with Gasteiger partial charge in [0.15, 0.2) is 11.5 Å². The van der Waals surface area contributed by atoms with Crippen LogP contribution in [0.3, 0.4) is 0 Å². The normalized spacial score (nSPS) is 15.7. The van der Waals surface area contributed by atoms with Crippen molar-refractivity contribution in [2.75, 3.05) is 13.7 Å². The van der Waals surface area contributed by atoms with Gasteiger partial charge in [-0.25, -0.2) is 0 Å². The van der Waals surface area contributed by atoms with Crippen LogP contribution in [0.25, 0.3) is 10.9 Å². The minimum absolute atomic E-state index is 0.00377. The maximum Gasteiger partial charge on any atom is 0.573 e. The number of fused-ring (bicyclic) bond motifs is 2. The standard InChI is InChI=1S/C27H25F3N2O3S/c1-3-31-16-20(19-6-4-5-7-21(19)31)26(33)32-12-10-18-11-13-36-25(18)22(32)14-17-8-9-23(24(15-17)34-2)35-27(28,29)30/h4-9,11,13,15-16,22H,3,10,12,14H2,1-2H3. The number of aromatic nitrogens is 1. The number of halogens is 3. The molecule has 5 rings (SSSR count). The molecule has 0 aliphatic carbocycles. The van der Waals surface area contributed by atoms with Crippen LogP contribution in [0.5, 0.6) is 11.5 Å². The smallest absolute Gasteiger partial charge is 0.493 e. The summed E-state index contributed by atoms with van der Waals surface area (Å²) in [6.45, 7) is 3.35. The molecule has 0 radical (unpaired) electrons. The fourth-order valence-corrected chi connectivity index (χ4v) is 6.00. The van der Waals surface area contributed by atoms with E-state index in [9.17, 15) is 18.0 Å². The Labute approximate surface area is 210 Å². The minimum Gasteiger partial charge on any atom is -0.493 e. The average Bonchev–Trinajstić information content (AvgIpc) is 3.49. The Kier molecular flexibility index (Phi) is 6.42. The largest absolute Gasteiger partial charge is 0.573 e. The van der Waals surface area contributed by atoms with E-state index < -0.39 is 12.1 Å². The van der Waals surface area contributed by atoms with Gasteiger partial charge in [-0.2, -0.15) is 0 Å². The zero-order valence-corrected chi connectivity index (χ0v) is 20.7. The van der Waals surface area contributed by atoms with E-state index in [1.165, 1.54) is 18.7 Å². The molecule has 0 bridgehead atoms. The van der Waals surface area contributed by atoms with E-state index in [0.29, 0.717) is 18.5 Å². The lowest BCUT2D eigenvalue weighted by atomic mass is 9.94. The van der Waals surface area contributed by atoms with Gasteiger partial charge in [-0.05, 0) is 60.5 Å². The van der Waals surface area contributed by atoms with Gasteiger partial charge in [0.25, 0.3) is 5.91 Å². The number of ether oxygens (including phenoxy) is 2. The number of alkyl halides is 3. The lowest BCUT2D eigenvalue weighted by Gasteiger charge is -2.36. The second-order valence-corrected chi connectivity index (χ2v) is 9.61. The Hall–Kier alpha value is -3.46. The number of hydrogen-bond acceptors (Lipinski definition) is 4. The van der Waals surface area contributed by atoms with Crippen molar-refractivity contribution >= 4 is 28.1 Å². The van der Waals surface area contributed by atoms with Crippen molar-refractivity contribution in [2.24, 2.45) is 0 Å². The summed E-state index contributed by atoms with van der Waals surface area (Å²) in [4.78, 5) is 17.0. The molecule has 0 fully saturated rings. The first-order valence-electron chi connectivity index (χ1n) is 11.7. The lowest BCUT2D eigenvalue weighted by molar-refractivity contribution is -0.275. The first-order valence-corrected chi connectivity index (χ1v) is 12.5. The molecule has 1 aliphatic heterocycles. The van der Waals surface area contributed by atoms with Gasteiger partial charge in [-0.3, -0.25) is 4.79 Å². The van der Waals surface area contributed by atoms with Crippen molar-refractivity contribution < 1.29 is 27.4 Å². The van der Waals surface area contributed by atoms with Gasteiger partial charge in [0.05, 0.1) is 18.7 Å². The van der Waals surface area contributed by atoms with E-state index in [0.717, 1.165) is 34.3 Å². The molecule has 188 valence electrons. The molecule has 0 spiro atoms. The van der Waals surface area contributed by atoms with Gasteiger partial charge in [0.1, 0.15) is 0 Å². The number of aryl methyl sites for hydroxylation is 1. The zero-order chi connectivity index (χ0) is 25.4. The number of methoxy groups -OCH3 is 1. The highest BCUT2D eigenvalue weighted by Gasteiger charge is 2.35. The predicted octanol–water partition coefficient (Wildman–Crippen LogP) is 6.61. The molecule has 36 heavy (non-hydrogen) atoms. The van der Waals surface area contributed by atoms with Crippen LogP contribution in [0, 0.1) is 0 Å². The van der Waals surface area contributed by atoms with Crippen molar-refractivity contribution in [1.29, 1.82) is 0 Å². The molecule has 2 aromatic carbocycles. The zero-order valence-electron chi connectivity index (χ0n) is 19.8. The van der Waals surface area contributed by atoms with E-state index in [1.807, 2.05) is 47.7 Å². The highest BCUT2D eigenvalue weighted by molar-refractivity contribution is 7.10. The van der Waals surface area contributed by atoms with Gasteiger partial charge in [-0.15, -0.1) is 24.5 Å². The Bertz CT molecular complexity index is 1410. The van der Waals surface area contributed by atoms with Gasteiger partial charge < -0.3 is 18.9 Å². The van der Waals surface area contributed by atoms with Crippen molar-refractivity contribution in [3.05, 3.63) is 81.7 Å². The molecule has 9 heteroatoms. The van der Waals surface area contributed by atoms with Gasteiger partial charge in [-0.1, -0.05) is 24.3 Å². The molecule has 3 heterocycles. The minimum atomic E-state index is -4.81. The molecule has 4 aromatic rings. The number of rotatable bonds is 6. The summed E-state index contributed by atoms with van der Waals surface area (Å²) in [7, 11) is 1.31. The molecule has 2 aromatic heterocycles. The van der Waals surface area contributed by atoms with Crippen molar-refractivity contribution in [3.8, 4) is 11.5 Å². The van der Waals surface area contributed by atoms with Crippen LogP contribution in [0.4, 0.5) is 13.2 Å². The summed E-state index contributed by atoms with van der Waals surface area (Å²) in [6, 6.07) is 14.1. The third-order valence-corrected chi connectivity index (χ3v) is 7.65. The second kappa shape index (κ2) is 9.54. The van der Waals surface area contributed by atoms with E-state index >= 15 is 0 Å². The molecule has 1 aliphatic rings. The summed E-state index contributed by atoms with van der Waals surface area (Å²) in [5.41, 5.74) is 3.62. The van der Waals surface area contributed by atoms with E-state index in [-0.39, 0.29) is 17.7 Å². The number of benzene rings is 2. The maximum absolute atomic E-state index is 14.0. The molecule has 1 unspecified atom stereocenters. The number of carbonyl (C=O) groups excluding carboxylic acids is 1. The first-order chi connectivity index (χ1) is 17.3. The number of hydrogen-bond donors (Lipinski definition) is 0. The third kappa shape index (κ3) is 4.55. The monoisotopic (exact) mass is 514 g/mol. The number of thiophene rings is 1. The molecular weight excluding hydrogens is 489 g/mol. The highest BCUT2D eigenvalue weighted by atomic mass is 32.1. The second-order valence-electron chi connectivity index (χ2n) is 8.66. The Morgan fingerprint density at radius 2 is 1.94 bits per heavy atom. The van der Waals surface area contributed by atoms with Gasteiger partial charge in [0.2, 0.25) is 0 Å². The summed E-state index contributed by atoms with van der Waals surface area (Å²) >= 11 is 1.60. The molecule has 1 atom stereocenters. The number of carbonyl (C=O) groups is 1.